The Hall–Kier alpha value is -4.82. The average molecular weight is 629 g/mol. The van der Waals surface area contributed by atoms with Gasteiger partial charge in [0, 0.05) is 46.0 Å². The van der Waals surface area contributed by atoms with E-state index in [4.69, 9.17) is 24.2 Å². The predicted octanol–water partition coefficient (Wildman–Crippen LogP) is 5.41. The maximum Gasteiger partial charge on any atom is 0.166 e. The summed E-state index contributed by atoms with van der Waals surface area (Å²) in [4.78, 5) is 20.9. The summed E-state index contributed by atoms with van der Waals surface area (Å²) >= 11 is 0. The van der Waals surface area contributed by atoms with Crippen LogP contribution in [-0.4, -0.2) is 74.3 Å². The minimum Gasteiger partial charge on any atom is -0.494 e. The number of rotatable bonds is 9. The molecule has 240 valence electrons. The third-order valence-corrected chi connectivity index (χ3v) is 8.48. The van der Waals surface area contributed by atoms with Gasteiger partial charge in [0.2, 0.25) is 0 Å². The number of halogens is 1. The zero-order valence-corrected chi connectivity index (χ0v) is 26.5. The van der Waals surface area contributed by atoms with Crippen LogP contribution in [0.1, 0.15) is 37.1 Å². The minimum absolute atomic E-state index is 0.101. The topological polar surface area (TPSA) is 129 Å². The summed E-state index contributed by atoms with van der Waals surface area (Å²) < 4.78 is 36.4. The lowest BCUT2D eigenvalue weighted by Crippen LogP contribution is -2.52. The number of fused-ring (bicyclic) bond motifs is 1. The number of pyridine rings is 2. The molecule has 1 unspecified atom stereocenters. The van der Waals surface area contributed by atoms with E-state index in [-0.39, 0.29) is 18.1 Å². The average Bonchev–Trinajstić information content (AvgIpc) is 3.54. The molecule has 1 atom stereocenters. The highest BCUT2D eigenvalue weighted by Gasteiger charge is 2.29. The van der Waals surface area contributed by atoms with Crippen molar-refractivity contribution < 1.29 is 18.6 Å². The van der Waals surface area contributed by atoms with Gasteiger partial charge in [0.25, 0.3) is 0 Å². The SMILES string of the molecule is COc1c(Nc2cc(Nc3cc(F)c(N4CC(OC)C4)cn3)nc3c2nc(C)n3C2CCCCO2)cccc1-c1nc(C)nn1C. The normalized spacial score (nSPS) is 16.9. The van der Waals surface area contributed by atoms with Gasteiger partial charge in [-0.15, -0.1) is 0 Å². The molecular weight excluding hydrogens is 591 g/mol. The van der Waals surface area contributed by atoms with Crippen LogP contribution in [0.2, 0.25) is 0 Å². The number of nitrogens with zero attached hydrogens (tertiary/aromatic N) is 8. The number of methoxy groups -OCH3 is 2. The van der Waals surface area contributed by atoms with Crippen molar-refractivity contribution in [3.63, 3.8) is 0 Å². The van der Waals surface area contributed by atoms with Gasteiger partial charge in [-0.3, -0.25) is 4.57 Å². The first-order valence-electron chi connectivity index (χ1n) is 15.4. The molecule has 0 saturated carbocycles. The number of hydrogen-bond donors (Lipinski definition) is 2. The molecule has 0 spiro atoms. The number of aryl methyl sites for hydroxylation is 3. The summed E-state index contributed by atoms with van der Waals surface area (Å²) in [6.45, 7) is 5.74. The number of aromatic nitrogens is 7. The third kappa shape index (κ3) is 5.47. The maximum atomic E-state index is 15.2. The molecule has 6 heterocycles. The summed E-state index contributed by atoms with van der Waals surface area (Å²) in [6.07, 6.45) is 4.38. The van der Waals surface area contributed by atoms with Crippen LogP contribution >= 0.6 is 0 Å². The van der Waals surface area contributed by atoms with Gasteiger partial charge >= 0.3 is 0 Å². The zero-order valence-electron chi connectivity index (χ0n) is 26.5. The molecule has 2 N–H and O–H groups in total. The van der Waals surface area contributed by atoms with E-state index in [1.165, 1.54) is 12.3 Å². The van der Waals surface area contributed by atoms with Crippen LogP contribution in [0.5, 0.6) is 5.75 Å². The number of anilines is 5. The van der Waals surface area contributed by atoms with Crippen LogP contribution < -0.4 is 20.3 Å². The Bertz CT molecular complexity index is 1900. The quantitative estimate of drug-likeness (QED) is 0.217. The maximum absolute atomic E-state index is 15.2. The van der Waals surface area contributed by atoms with Gasteiger partial charge in [-0.05, 0) is 45.2 Å². The third-order valence-electron chi connectivity index (χ3n) is 8.48. The molecule has 7 rings (SSSR count). The summed E-state index contributed by atoms with van der Waals surface area (Å²) in [5.41, 5.74) is 3.92. The second kappa shape index (κ2) is 12.2. The molecule has 46 heavy (non-hydrogen) atoms. The van der Waals surface area contributed by atoms with Crippen molar-refractivity contribution >= 4 is 39.9 Å². The molecule has 13 nitrogen and oxygen atoms in total. The van der Waals surface area contributed by atoms with Gasteiger partial charge in [-0.25, -0.2) is 29.0 Å². The van der Waals surface area contributed by atoms with E-state index in [2.05, 4.69) is 25.7 Å². The van der Waals surface area contributed by atoms with Crippen molar-refractivity contribution in [2.24, 2.45) is 7.05 Å². The number of benzene rings is 1. The Morgan fingerprint density at radius 2 is 1.85 bits per heavy atom. The molecule has 0 amide bonds. The molecule has 4 aromatic heterocycles. The van der Waals surface area contributed by atoms with Crippen LogP contribution in [0.3, 0.4) is 0 Å². The lowest BCUT2D eigenvalue weighted by molar-refractivity contribution is -0.0308. The van der Waals surface area contributed by atoms with Gasteiger partial charge in [0.05, 0.1) is 42.0 Å². The van der Waals surface area contributed by atoms with Crippen molar-refractivity contribution in [3.05, 3.63) is 54.0 Å². The summed E-state index contributed by atoms with van der Waals surface area (Å²) in [7, 11) is 5.14. The van der Waals surface area contributed by atoms with E-state index in [1.807, 2.05) is 54.6 Å². The van der Waals surface area contributed by atoms with Gasteiger partial charge in [0.15, 0.2) is 23.0 Å². The van der Waals surface area contributed by atoms with E-state index in [1.54, 1.807) is 18.9 Å². The number of para-hydroxylation sites is 1. The number of nitrogens with one attached hydrogen (secondary N) is 2. The van der Waals surface area contributed by atoms with Crippen LogP contribution in [-0.2, 0) is 16.5 Å². The van der Waals surface area contributed by atoms with Crippen molar-refractivity contribution in [2.45, 2.75) is 45.4 Å². The first-order chi connectivity index (χ1) is 22.3. The molecule has 14 heteroatoms. The lowest BCUT2D eigenvalue weighted by Gasteiger charge is -2.39. The second-order valence-electron chi connectivity index (χ2n) is 11.6. The molecule has 2 aliphatic rings. The molecule has 5 aromatic rings. The van der Waals surface area contributed by atoms with Gasteiger partial charge in [-0.2, -0.15) is 5.10 Å². The number of ether oxygens (including phenoxy) is 3. The number of hydrogen-bond acceptors (Lipinski definition) is 11. The fourth-order valence-electron chi connectivity index (χ4n) is 6.17. The second-order valence-corrected chi connectivity index (χ2v) is 11.6. The van der Waals surface area contributed by atoms with E-state index in [0.717, 1.165) is 30.7 Å². The molecule has 0 aliphatic carbocycles. The van der Waals surface area contributed by atoms with Crippen LogP contribution in [0.15, 0.2) is 36.5 Å². The highest BCUT2D eigenvalue weighted by molar-refractivity contribution is 5.92. The lowest BCUT2D eigenvalue weighted by atomic mass is 10.1. The van der Waals surface area contributed by atoms with Crippen molar-refractivity contribution in [1.82, 2.24) is 34.3 Å². The summed E-state index contributed by atoms with van der Waals surface area (Å²) in [6, 6.07) is 9.03. The first kappa shape index (κ1) is 29.9. The fourth-order valence-corrected chi connectivity index (χ4v) is 6.17. The van der Waals surface area contributed by atoms with Crippen LogP contribution in [0, 0.1) is 19.7 Å². The van der Waals surface area contributed by atoms with Crippen LogP contribution in [0.4, 0.5) is 33.1 Å². The summed E-state index contributed by atoms with van der Waals surface area (Å²) in [5.74, 6) is 3.15. The highest BCUT2D eigenvalue weighted by Crippen LogP contribution is 2.40. The Morgan fingerprint density at radius 1 is 1.00 bits per heavy atom. The molecule has 2 fully saturated rings. The Kier molecular flexibility index (Phi) is 7.90. The highest BCUT2D eigenvalue weighted by atomic mass is 19.1. The molecule has 0 radical (unpaired) electrons. The number of imidazole rings is 1. The van der Waals surface area contributed by atoms with E-state index >= 15 is 4.39 Å². The minimum atomic E-state index is -0.372. The van der Waals surface area contributed by atoms with Gasteiger partial charge in [-0.1, -0.05) is 6.07 Å². The molecular formula is C32H37FN10O3. The zero-order chi connectivity index (χ0) is 31.9. The van der Waals surface area contributed by atoms with Gasteiger partial charge < -0.3 is 29.7 Å². The first-order valence-corrected chi connectivity index (χ1v) is 15.4. The molecule has 2 saturated heterocycles. The van der Waals surface area contributed by atoms with Crippen LogP contribution in [0.25, 0.3) is 22.6 Å². The summed E-state index contributed by atoms with van der Waals surface area (Å²) in [5, 5.41) is 11.2. The van der Waals surface area contributed by atoms with E-state index in [9.17, 15) is 0 Å². The molecule has 1 aromatic carbocycles. The largest absolute Gasteiger partial charge is 0.494 e. The fraction of sp³-hybridized carbons (Fsp3) is 0.406. The Balaban J connectivity index is 1.29. The van der Waals surface area contributed by atoms with Gasteiger partial charge in [0.1, 0.15) is 35.0 Å². The Morgan fingerprint density at radius 3 is 2.54 bits per heavy atom. The monoisotopic (exact) mass is 628 g/mol. The smallest absolute Gasteiger partial charge is 0.166 e. The predicted molar refractivity (Wildman–Crippen MR) is 173 cm³/mol. The van der Waals surface area contributed by atoms with Crippen molar-refractivity contribution in [2.75, 3.05) is 49.4 Å². The Labute approximate surface area is 265 Å². The van der Waals surface area contributed by atoms with E-state index < -0.39 is 0 Å². The molecule has 2 aliphatic heterocycles. The standard InChI is InChI=1S/C32H37FN10O3/c1-18-35-31(41(3)40-18)21-9-8-10-23(30(21)45-5)37-24-14-27(38-26-13-22(33)25(15-34-26)42-16-20(17-42)44-4)39-32-29(24)36-19(2)43(32)28-11-6-7-12-46-28/h8-10,13-15,20,28H,6-7,11-12,16-17H2,1-5H3,(H2,34,37,38,39). The van der Waals surface area contributed by atoms with E-state index in [0.29, 0.717) is 77.0 Å². The molecule has 0 bridgehead atoms. The van der Waals surface area contributed by atoms with Crippen molar-refractivity contribution in [3.8, 4) is 17.1 Å². The van der Waals surface area contributed by atoms with Crippen molar-refractivity contribution in [1.29, 1.82) is 0 Å².